The van der Waals surface area contributed by atoms with Crippen molar-refractivity contribution in [2.45, 2.75) is 38.5 Å². The third kappa shape index (κ3) is 4.77. The van der Waals surface area contributed by atoms with Crippen molar-refractivity contribution in [1.82, 2.24) is 0 Å². The number of anilines is 3. The van der Waals surface area contributed by atoms with Gasteiger partial charge in [-0.05, 0) is 114 Å². The highest BCUT2D eigenvalue weighted by Gasteiger charge is 2.38. The molecule has 0 atom stereocenters. The number of fused-ring (bicyclic) bond motifs is 8. The van der Waals surface area contributed by atoms with E-state index in [1.54, 1.807) is 0 Å². The van der Waals surface area contributed by atoms with E-state index in [-0.39, 0.29) is 10.8 Å². The fourth-order valence-corrected chi connectivity index (χ4v) is 9.42. The lowest BCUT2D eigenvalue weighted by atomic mass is 9.80. The Hall–Kier alpha value is -6.18. The van der Waals surface area contributed by atoms with Crippen LogP contribution in [0.3, 0.4) is 0 Å². The van der Waals surface area contributed by atoms with E-state index >= 15 is 0 Å². The Morgan fingerprint density at radius 3 is 1.51 bits per heavy atom. The quantitative estimate of drug-likeness (QED) is 0.175. The van der Waals surface area contributed by atoms with Crippen LogP contribution in [0.1, 0.15) is 49.9 Å². The molecule has 2 aliphatic rings. The molecule has 0 heterocycles. The van der Waals surface area contributed by atoms with Gasteiger partial charge in [-0.25, -0.2) is 0 Å². The molecule has 0 fully saturated rings. The van der Waals surface area contributed by atoms with Crippen LogP contribution in [0.15, 0.2) is 176 Å². The smallest absolute Gasteiger partial charge is 0.0468 e. The third-order valence-corrected chi connectivity index (χ3v) is 12.1. The molecule has 0 aliphatic heterocycles. The van der Waals surface area contributed by atoms with Crippen molar-refractivity contribution >= 4 is 27.8 Å². The van der Waals surface area contributed by atoms with E-state index in [1.165, 1.54) is 77.5 Å². The lowest BCUT2D eigenvalue weighted by Crippen LogP contribution is -2.17. The summed E-state index contributed by atoms with van der Waals surface area (Å²) in [5.41, 5.74) is 19.1. The van der Waals surface area contributed by atoms with Gasteiger partial charge in [0, 0.05) is 27.9 Å². The van der Waals surface area contributed by atoms with E-state index in [9.17, 15) is 0 Å². The van der Waals surface area contributed by atoms with Crippen molar-refractivity contribution in [1.29, 1.82) is 0 Å². The molecule has 0 saturated heterocycles. The van der Waals surface area contributed by atoms with Crippen LogP contribution < -0.4 is 4.90 Å². The standard InChI is InChI=1S/C52H41N/c1-51(2)47-20-12-10-18-42(47)44-31-29-39(33-49(44)51)53(37-26-22-35(23-27-37)41-17-9-8-16-40(41)34-14-6-5-7-15-34)38-28-24-36-25-30-45-43-19-11-13-21-48(43)52(3,4)50(45)46(36)32-38/h5-33H,1-4H3. The molecular weight excluding hydrogens is 639 g/mol. The zero-order chi connectivity index (χ0) is 35.9. The van der Waals surface area contributed by atoms with Crippen molar-refractivity contribution in [3.8, 4) is 44.5 Å². The summed E-state index contributed by atoms with van der Waals surface area (Å²) in [4.78, 5) is 2.46. The van der Waals surface area contributed by atoms with Gasteiger partial charge in [0.2, 0.25) is 0 Å². The normalized spacial score (nSPS) is 14.3. The largest absolute Gasteiger partial charge is 0.310 e. The molecule has 8 aromatic rings. The minimum absolute atomic E-state index is 0.0986. The molecular formula is C52H41N. The first-order valence-corrected chi connectivity index (χ1v) is 18.8. The Morgan fingerprint density at radius 2 is 0.811 bits per heavy atom. The summed E-state index contributed by atoms with van der Waals surface area (Å²) in [6.07, 6.45) is 0. The minimum Gasteiger partial charge on any atom is -0.310 e. The van der Waals surface area contributed by atoms with Gasteiger partial charge in [-0.15, -0.1) is 0 Å². The van der Waals surface area contributed by atoms with Crippen molar-refractivity contribution in [3.63, 3.8) is 0 Å². The van der Waals surface area contributed by atoms with Gasteiger partial charge in [-0.1, -0.05) is 167 Å². The van der Waals surface area contributed by atoms with E-state index in [0.29, 0.717) is 0 Å². The van der Waals surface area contributed by atoms with Gasteiger partial charge >= 0.3 is 0 Å². The second kappa shape index (κ2) is 11.7. The van der Waals surface area contributed by atoms with Crippen molar-refractivity contribution in [2.75, 3.05) is 4.90 Å². The molecule has 0 bridgehead atoms. The average Bonchev–Trinajstić information content (AvgIpc) is 3.58. The van der Waals surface area contributed by atoms with Crippen LogP contribution in [0.5, 0.6) is 0 Å². The summed E-state index contributed by atoms with van der Waals surface area (Å²) in [5, 5.41) is 2.58. The van der Waals surface area contributed by atoms with Gasteiger partial charge < -0.3 is 4.90 Å². The van der Waals surface area contributed by atoms with Crippen LogP contribution in [0, 0.1) is 0 Å². The fraction of sp³-hybridized carbons (Fsp3) is 0.115. The van der Waals surface area contributed by atoms with E-state index in [1.807, 2.05) is 0 Å². The Bertz CT molecular complexity index is 2710. The van der Waals surface area contributed by atoms with Gasteiger partial charge in [-0.3, -0.25) is 0 Å². The molecule has 8 aromatic carbocycles. The summed E-state index contributed by atoms with van der Waals surface area (Å²) < 4.78 is 0. The minimum atomic E-state index is -0.105. The summed E-state index contributed by atoms with van der Waals surface area (Å²) in [5.74, 6) is 0. The number of rotatable bonds is 5. The Labute approximate surface area is 312 Å². The molecule has 254 valence electrons. The number of hydrogen-bond donors (Lipinski definition) is 0. The number of hydrogen-bond acceptors (Lipinski definition) is 1. The highest BCUT2D eigenvalue weighted by Crippen LogP contribution is 2.53. The predicted octanol–water partition coefficient (Wildman–Crippen LogP) is 14.3. The van der Waals surface area contributed by atoms with Crippen molar-refractivity contribution in [3.05, 3.63) is 198 Å². The van der Waals surface area contributed by atoms with Gasteiger partial charge in [0.1, 0.15) is 0 Å². The highest BCUT2D eigenvalue weighted by molar-refractivity contribution is 6.00. The number of benzene rings is 8. The lowest BCUT2D eigenvalue weighted by molar-refractivity contribution is 0.660. The first-order chi connectivity index (χ1) is 25.8. The van der Waals surface area contributed by atoms with Crippen molar-refractivity contribution in [2.24, 2.45) is 0 Å². The van der Waals surface area contributed by atoms with Gasteiger partial charge in [0.25, 0.3) is 0 Å². The molecule has 53 heavy (non-hydrogen) atoms. The summed E-state index contributed by atoms with van der Waals surface area (Å²) in [6, 6.07) is 65.2. The van der Waals surface area contributed by atoms with Crippen LogP contribution in [0.25, 0.3) is 55.3 Å². The van der Waals surface area contributed by atoms with E-state index < -0.39 is 0 Å². The molecule has 2 aliphatic carbocycles. The van der Waals surface area contributed by atoms with Gasteiger partial charge in [-0.2, -0.15) is 0 Å². The van der Waals surface area contributed by atoms with Gasteiger partial charge in [0.15, 0.2) is 0 Å². The second-order valence-electron chi connectivity index (χ2n) is 15.8. The maximum Gasteiger partial charge on any atom is 0.0468 e. The summed E-state index contributed by atoms with van der Waals surface area (Å²) in [7, 11) is 0. The summed E-state index contributed by atoms with van der Waals surface area (Å²) in [6.45, 7) is 9.50. The first-order valence-electron chi connectivity index (χ1n) is 18.8. The van der Waals surface area contributed by atoms with E-state index in [4.69, 9.17) is 0 Å². The average molecular weight is 680 g/mol. The molecule has 1 heteroatoms. The molecule has 10 rings (SSSR count). The third-order valence-electron chi connectivity index (χ3n) is 12.1. The summed E-state index contributed by atoms with van der Waals surface area (Å²) >= 11 is 0. The van der Waals surface area contributed by atoms with Crippen LogP contribution in [-0.4, -0.2) is 0 Å². The predicted molar refractivity (Wildman–Crippen MR) is 225 cm³/mol. The first kappa shape index (κ1) is 31.5. The maximum atomic E-state index is 2.46. The second-order valence-corrected chi connectivity index (χ2v) is 15.8. The van der Waals surface area contributed by atoms with E-state index in [2.05, 4.69) is 209 Å². The molecule has 0 radical (unpaired) electrons. The Morgan fingerprint density at radius 1 is 0.340 bits per heavy atom. The molecule has 0 saturated carbocycles. The molecule has 0 unspecified atom stereocenters. The SMILES string of the molecule is CC1(C)c2ccccc2-c2ccc(N(c3ccc(-c4ccccc4-c4ccccc4)cc3)c3ccc4ccc5c(c4c3)C(C)(C)c3ccccc3-5)cc21. The van der Waals surface area contributed by atoms with Gasteiger partial charge in [0.05, 0.1) is 0 Å². The monoisotopic (exact) mass is 679 g/mol. The van der Waals surface area contributed by atoms with Crippen LogP contribution >= 0.6 is 0 Å². The lowest BCUT2D eigenvalue weighted by Gasteiger charge is -2.29. The highest BCUT2D eigenvalue weighted by atomic mass is 15.1. The fourth-order valence-electron chi connectivity index (χ4n) is 9.42. The molecule has 0 spiro atoms. The molecule has 0 amide bonds. The van der Waals surface area contributed by atoms with Crippen LogP contribution in [0.4, 0.5) is 17.1 Å². The van der Waals surface area contributed by atoms with Crippen LogP contribution in [-0.2, 0) is 10.8 Å². The van der Waals surface area contributed by atoms with Crippen LogP contribution in [0.2, 0.25) is 0 Å². The van der Waals surface area contributed by atoms with Crippen molar-refractivity contribution < 1.29 is 0 Å². The zero-order valence-corrected chi connectivity index (χ0v) is 30.7. The Kier molecular flexibility index (Phi) is 6.94. The number of nitrogens with zero attached hydrogens (tertiary/aromatic N) is 1. The maximum absolute atomic E-state index is 2.46. The topological polar surface area (TPSA) is 3.24 Å². The Balaban J connectivity index is 1.15. The molecule has 0 N–H and O–H groups in total. The zero-order valence-electron chi connectivity index (χ0n) is 30.7. The molecule has 0 aromatic heterocycles. The van der Waals surface area contributed by atoms with E-state index in [0.717, 1.165) is 17.1 Å². The molecule has 1 nitrogen and oxygen atoms in total.